The van der Waals surface area contributed by atoms with Crippen molar-refractivity contribution in [3.63, 3.8) is 0 Å². The van der Waals surface area contributed by atoms with Crippen LogP contribution in [0.15, 0.2) is 53.3 Å². The average molecular weight is 539 g/mol. The molecule has 3 aromatic rings. The zero-order valence-corrected chi connectivity index (χ0v) is 22.6. The Morgan fingerprint density at radius 2 is 1.97 bits per heavy atom. The van der Waals surface area contributed by atoms with E-state index in [-0.39, 0.29) is 5.56 Å². The predicted molar refractivity (Wildman–Crippen MR) is 152 cm³/mol. The zero-order chi connectivity index (χ0) is 26.9. The number of pyridine rings is 1. The number of carbonyl (C=O) groups is 1. The van der Waals surface area contributed by atoms with E-state index in [1.165, 1.54) is 7.11 Å². The molecule has 0 amide bonds. The van der Waals surface area contributed by atoms with E-state index in [2.05, 4.69) is 15.2 Å². The van der Waals surface area contributed by atoms with Crippen molar-refractivity contribution in [1.82, 2.24) is 14.8 Å². The van der Waals surface area contributed by atoms with E-state index in [9.17, 15) is 9.59 Å². The Kier molecular flexibility index (Phi) is 9.69. The van der Waals surface area contributed by atoms with Crippen LogP contribution in [0.3, 0.4) is 0 Å². The van der Waals surface area contributed by atoms with Gasteiger partial charge in [-0.1, -0.05) is 12.1 Å². The van der Waals surface area contributed by atoms with Crippen molar-refractivity contribution in [3.05, 3.63) is 70.0 Å². The molecule has 2 heterocycles. The SMILES string of the molecule is CCOc1ccc2[nH]c(=O)c(CN(CCCN3CCOCC3)C(=S)Nc3ccccc3C(=O)OC)cc2c1. The summed E-state index contributed by atoms with van der Waals surface area (Å²) in [6.45, 7) is 7.61. The van der Waals surface area contributed by atoms with Crippen LogP contribution in [0.25, 0.3) is 10.9 Å². The molecule has 9 nitrogen and oxygen atoms in total. The van der Waals surface area contributed by atoms with E-state index < -0.39 is 5.97 Å². The van der Waals surface area contributed by atoms with E-state index in [1.54, 1.807) is 18.2 Å². The maximum absolute atomic E-state index is 13.0. The third-order valence-corrected chi connectivity index (χ3v) is 6.79. The molecule has 0 aliphatic carbocycles. The number of aromatic amines is 1. The molecule has 1 aromatic heterocycles. The van der Waals surface area contributed by atoms with Crippen LogP contribution in [0.5, 0.6) is 5.75 Å². The number of nitrogens with one attached hydrogen (secondary N) is 2. The van der Waals surface area contributed by atoms with Crippen molar-refractivity contribution in [2.45, 2.75) is 19.9 Å². The smallest absolute Gasteiger partial charge is 0.339 e. The fraction of sp³-hybridized carbons (Fsp3) is 0.393. The molecular weight excluding hydrogens is 504 g/mol. The second kappa shape index (κ2) is 13.4. The lowest BCUT2D eigenvalue weighted by molar-refractivity contribution is 0.0367. The van der Waals surface area contributed by atoms with E-state index in [0.29, 0.717) is 41.6 Å². The maximum Gasteiger partial charge on any atom is 0.339 e. The number of morpholine rings is 1. The highest BCUT2D eigenvalue weighted by atomic mass is 32.1. The van der Waals surface area contributed by atoms with Gasteiger partial charge in [-0.15, -0.1) is 0 Å². The topological polar surface area (TPSA) is 96.1 Å². The molecule has 0 spiro atoms. The van der Waals surface area contributed by atoms with Crippen molar-refractivity contribution in [1.29, 1.82) is 0 Å². The lowest BCUT2D eigenvalue weighted by Crippen LogP contribution is -2.40. The average Bonchev–Trinajstić information content (AvgIpc) is 2.93. The number of H-pyrrole nitrogens is 1. The number of anilines is 1. The highest BCUT2D eigenvalue weighted by molar-refractivity contribution is 7.80. The number of thiocarbonyl (C=S) groups is 1. The van der Waals surface area contributed by atoms with Gasteiger partial charge >= 0.3 is 5.97 Å². The van der Waals surface area contributed by atoms with Gasteiger partial charge in [0.1, 0.15) is 5.75 Å². The number of para-hydroxylation sites is 1. The standard InChI is InChI=1S/C28H34N4O5S/c1-3-37-22-9-10-24-20(18-22)17-21(26(33)29-24)19-32(12-6-11-31-13-15-36-16-14-31)28(38)30-25-8-5-4-7-23(25)27(34)35-2/h4-5,7-10,17-18H,3,6,11-16,19H2,1-2H3,(H,29,33)(H,30,38). The van der Waals surface area contributed by atoms with Gasteiger partial charge in [-0.25, -0.2) is 4.79 Å². The molecule has 1 saturated heterocycles. The Morgan fingerprint density at radius 3 is 2.74 bits per heavy atom. The predicted octanol–water partition coefficient (Wildman–Crippen LogP) is 3.63. The number of rotatable bonds is 10. The van der Waals surface area contributed by atoms with Gasteiger partial charge in [0.25, 0.3) is 5.56 Å². The van der Waals surface area contributed by atoms with Gasteiger partial charge in [-0.05, 0) is 62.0 Å². The summed E-state index contributed by atoms with van der Waals surface area (Å²) in [6.07, 6.45) is 0.848. The Morgan fingerprint density at radius 1 is 1.18 bits per heavy atom. The van der Waals surface area contributed by atoms with Crippen molar-refractivity contribution >= 4 is 39.9 Å². The molecule has 4 rings (SSSR count). The van der Waals surface area contributed by atoms with Crippen LogP contribution in [-0.4, -0.2) is 79.0 Å². The summed E-state index contributed by atoms with van der Waals surface area (Å²) in [6, 6.07) is 14.6. The lowest BCUT2D eigenvalue weighted by Gasteiger charge is -2.29. The van der Waals surface area contributed by atoms with Gasteiger partial charge in [0, 0.05) is 42.6 Å². The molecule has 2 N–H and O–H groups in total. The molecule has 1 aliphatic rings. The summed E-state index contributed by atoms with van der Waals surface area (Å²) < 4.78 is 16.0. The van der Waals surface area contributed by atoms with Gasteiger partial charge in [0.05, 0.1) is 44.7 Å². The Bertz CT molecular complexity index is 1320. The molecule has 1 fully saturated rings. The minimum absolute atomic E-state index is 0.169. The second-order valence-corrected chi connectivity index (χ2v) is 9.39. The molecule has 0 bridgehead atoms. The van der Waals surface area contributed by atoms with Crippen molar-refractivity contribution < 1.29 is 19.0 Å². The van der Waals surface area contributed by atoms with Crippen molar-refractivity contribution in [2.75, 3.05) is 58.4 Å². The van der Waals surface area contributed by atoms with Gasteiger partial charge in [0.15, 0.2) is 5.11 Å². The first-order valence-corrected chi connectivity index (χ1v) is 13.2. The molecule has 10 heteroatoms. The monoisotopic (exact) mass is 538 g/mol. The molecule has 0 atom stereocenters. The van der Waals surface area contributed by atoms with E-state index >= 15 is 0 Å². The van der Waals surface area contributed by atoms with Crippen LogP contribution in [0.2, 0.25) is 0 Å². The summed E-state index contributed by atoms with van der Waals surface area (Å²) in [5, 5.41) is 4.51. The van der Waals surface area contributed by atoms with E-state index in [4.69, 9.17) is 26.4 Å². The first-order valence-electron chi connectivity index (χ1n) is 12.8. The largest absolute Gasteiger partial charge is 0.494 e. The second-order valence-electron chi connectivity index (χ2n) is 9.00. The van der Waals surface area contributed by atoms with Crippen LogP contribution in [0, 0.1) is 0 Å². The zero-order valence-electron chi connectivity index (χ0n) is 21.8. The Labute approximate surface area is 227 Å². The number of hydrogen-bond donors (Lipinski definition) is 2. The van der Waals surface area contributed by atoms with Gasteiger partial charge < -0.3 is 29.4 Å². The highest BCUT2D eigenvalue weighted by Crippen LogP contribution is 2.21. The van der Waals surface area contributed by atoms with Crippen LogP contribution in [-0.2, 0) is 16.0 Å². The summed E-state index contributed by atoms with van der Waals surface area (Å²) in [4.78, 5) is 32.6. The number of carbonyl (C=O) groups excluding carboxylic acids is 1. The molecule has 0 unspecified atom stereocenters. The number of fused-ring (bicyclic) bond motifs is 1. The highest BCUT2D eigenvalue weighted by Gasteiger charge is 2.18. The fourth-order valence-corrected chi connectivity index (χ4v) is 4.71. The summed E-state index contributed by atoms with van der Waals surface area (Å²) in [7, 11) is 1.35. The minimum Gasteiger partial charge on any atom is -0.494 e. The molecule has 0 saturated carbocycles. The van der Waals surface area contributed by atoms with Crippen molar-refractivity contribution in [3.8, 4) is 5.75 Å². The third kappa shape index (κ3) is 7.09. The number of aromatic nitrogens is 1. The molecule has 0 radical (unpaired) electrons. The minimum atomic E-state index is -0.453. The first kappa shape index (κ1) is 27.6. The van der Waals surface area contributed by atoms with Gasteiger partial charge in [0.2, 0.25) is 0 Å². The lowest BCUT2D eigenvalue weighted by atomic mass is 10.1. The molecule has 2 aromatic carbocycles. The number of esters is 1. The third-order valence-electron chi connectivity index (χ3n) is 6.43. The van der Waals surface area contributed by atoms with Crippen LogP contribution < -0.4 is 15.6 Å². The summed E-state index contributed by atoms with van der Waals surface area (Å²) in [5.41, 5.74) is 2.10. The first-order chi connectivity index (χ1) is 18.5. The van der Waals surface area contributed by atoms with Gasteiger partial charge in [-0.3, -0.25) is 9.69 Å². The molecule has 38 heavy (non-hydrogen) atoms. The van der Waals surface area contributed by atoms with Crippen molar-refractivity contribution in [2.24, 2.45) is 0 Å². The van der Waals surface area contributed by atoms with E-state index in [0.717, 1.165) is 55.9 Å². The number of methoxy groups -OCH3 is 1. The molecular formula is C28H34N4O5S. The normalized spacial score (nSPS) is 13.7. The number of benzene rings is 2. The van der Waals surface area contributed by atoms with E-state index in [1.807, 2.05) is 42.2 Å². The van der Waals surface area contributed by atoms with Crippen LogP contribution in [0.1, 0.15) is 29.3 Å². The Hall–Kier alpha value is -3.47. The number of ether oxygens (including phenoxy) is 3. The quantitative estimate of drug-likeness (QED) is 0.296. The number of hydrogen-bond acceptors (Lipinski definition) is 7. The Balaban J connectivity index is 1.57. The van der Waals surface area contributed by atoms with Gasteiger partial charge in [-0.2, -0.15) is 0 Å². The summed E-state index contributed by atoms with van der Waals surface area (Å²) in [5.74, 6) is 0.294. The maximum atomic E-state index is 13.0. The molecule has 1 aliphatic heterocycles. The number of nitrogens with zero attached hydrogens (tertiary/aromatic N) is 2. The van der Waals surface area contributed by atoms with Crippen LogP contribution >= 0.6 is 12.2 Å². The fourth-order valence-electron chi connectivity index (χ4n) is 4.45. The molecule has 202 valence electrons. The summed E-state index contributed by atoms with van der Waals surface area (Å²) >= 11 is 5.80. The van der Waals surface area contributed by atoms with Crippen LogP contribution in [0.4, 0.5) is 5.69 Å².